The molecule has 2 aromatic carbocycles. The van der Waals surface area contributed by atoms with Gasteiger partial charge in [-0.3, -0.25) is 14.4 Å². The zero-order valence-corrected chi connectivity index (χ0v) is 16.1. The van der Waals surface area contributed by atoms with Crippen LogP contribution in [0, 0.1) is 11.6 Å². The first-order valence-electron chi connectivity index (χ1n) is 8.99. The lowest BCUT2D eigenvalue weighted by Crippen LogP contribution is -2.38. The third-order valence-electron chi connectivity index (χ3n) is 4.83. The van der Waals surface area contributed by atoms with Gasteiger partial charge in [0.1, 0.15) is 17.3 Å². The summed E-state index contributed by atoms with van der Waals surface area (Å²) in [4.78, 5) is 14.3. The number of rotatable bonds is 5. The minimum Gasteiger partial charge on any atom is -0.372 e. The van der Waals surface area contributed by atoms with E-state index in [0.717, 1.165) is 0 Å². The van der Waals surface area contributed by atoms with Crippen LogP contribution in [0.3, 0.4) is 0 Å². The smallest absolute Gasteiger partial charge is 0.252 e. The number of fused-ring (bicyclic) bond motifs is 1. The number of nitrogens with one attached hydrogen (secondary N) is 1. The number of anilines is 1. The third kappa shape index (κ3) is 3.94. The van der Waals surface area contributed by atoms with Crippen LogP contribution in [-0.2, 0) is 13.1 Å². The van der Waals surface area contributed by atoms with Crippen LogP contribution in [0.2, 0.25) is 5.02 Å². The molecular weight excluding hydrogens is 400 g/mol. The second-order valence-corrected chi connectivity index (χ2v) is 7.19. The van der Waals surface area contributed by atoms with Crippen molar-refractivity contribution in [3.8, 4) is 11.3 Å². The van der Waals surface area contributed by atoms with Crippen molar-refractivity contribution in [2.45, 2.75) is 13.1 Å². The van der Waals surface area contributed by atoms with Gasteiger partial charge in [0.25, 0.3) is 5.91 Å². The van der Waals surface area contributed by atoms with E-state index in [0.29, 0.717) is 54.5 Å². The summed E-state index contributed by atoms with van der Waals surface area (Å²) in [5, 5.41) is 7.63. The number of carbonyl (C=O) groups excluding carboxylic acids is 1. The van der Waals surface area contributed by atoms with E-state index in [1.165, 1.54) is 30.3 Å². The molecule has 1 aliphatic heterocycles. The van der Waals surface area contributed by atoms with Gasteiger partial charge in [-0.25, -0.2) is 8.78 Å². The zero-order chi connectivity index (χ0) is 20.5. The van der Waals surface area contributed by atoms with E-state index in [4.69, 9.17) is 17.3 Å². The van der Waals surface area contributed by atoms with Gasteiger partial charge >= 0.3 is 0 Å². The van der Waals surface area contributed by atoms with E-state index in [-0.39, 0.29) is 10.8 Å². The first-order valence-corrected chi connectivity index (χ1v) is 9.37. The SMILES string of the molecule is NC(=O)c1c(-c2ccc(F)c(Cl)c2)nn2c1CN(CNc1cccc(F)c1)CC2. The van der Waals surface area contributed by atoms with Crippen LogP contribution in [0.15, 0.2) is 42.5 Å². The maximum atomic E-state index is 13.5. The van der Waals surface area contributed by atoms with E-state index in [9.17, 15) is 13.6 Å². The summed E-state index contributed by atoms with van der Waals surface area (Å²) in [5.74, 6) is -1.47. The predicted molar refractivity (Wildman–Crippen MR) is 106 cm³/mol. The first kappa shape index (κ1) is 19.4. The van der Waals surface area contributed by atoms with Gasteiger partial charge in [0.2, 0.25) is 0 Å². The second kappa shape index (κ2) is 7.81. The maximum Gasteiger partial charge on any atom is 0.252 e. The minimum atomic E-state index is -0.610. The van der Waals surface area contributed by atoms with Crippen LogP contribution in [0.5, 0.6) is 0 Å². The average Bonchev–Trinajstić information content (AvgIpc) is 3.07. The summed E-state index contributed by atoms with van der Waals surface area (Å²) >= 11 is 5.89. The number of nitrogens with two attached hydrogens (primary N) is 1. The minimum absolute atomic E-state index is 0.0511. The van der Waals surface area contributed by atoms with E-state index >= 15 is 0 Å². The van der Waals surface area contributed by atoms with Crippen LogP contribution >= 0.6 is 11.6 Å². The molecule has 3 N–H and O–H groups in total. The molecule has 9 heteroatoms. The van der Waals surface area contributed by atoms with Gasteiger partial charge < -0.3 is 11.1 Å². The number of benzene rings is 2. The number of hydrogen-bond donors (Lipinski definition) is 2. The van der Waals surface area contributed by atoms with E-state index in [2.05, 4.69) is 15.3 Å². The highest BCUT2D eigenvalue weighted by Gasteiger charge is 2.27. The van der Waals surface area contributed by atoms with Crippen molar-refractivity contribution in [2.24, 2.45) is 5.73 Å². The van der Waals surface area contributed by atoms with Gasteiger partial charge in [-0.05, 0) is 36.4 Å². The summed E-state index contributed by atoms with van der Waals surface area (Å²) < 4.78 is 28.6. The Morgan fingerprint density at radius 2 is 2.03 bits per heavy atom. The summed E-state index contributed by atoms with van der Waals surface area (Å²) in [6, 6.07) is 10.4. The number of nitrogens with zero attached hydrogens (tertiary/aromatic N) is 3. The van der Waals surface area contributed by atoms with E-state index in [1.807, 2.05) is 0 Å². The van der Waals surface area contributed by atoms with Crippen molar-refractivity contribution in [1.82, 2.24) is 14.7 Å². The molecule has 3 aromatic rings. The molecule has 1 aromatic heterocycles. The average molecular weight is 418 g/mol. The molecule has 0 saturated heterocycles. The lowest BCUT2D eigenvalue weighted by atomic mass is 10.0. The number of carbonyl (C=O) groups is 1. The zero-order valence-electron chi connectivity index (χ0n) is 15.3. The Balaban J connectivity index is 1.59. The normalized spacial score (nSPS) is 13.9. The number of hydrogen-bond acceptors (Lipinski definition) is 4. The second-order valence-electron chi connectivity index (χ2n) is 6.78. The Morgan fingerprint density at radius 1 is 1.21 bits per heavy atom. The van der Waals surface area contributed by atoms with Crippen molar-refractivity contribution in [3.05, 3.63) is 70.4 Å². The molecule has 6 nitrogen and oxygen atoms in total. The topological polar surface area (TPSA) is 76.2 Å². The van der Waals surface area contributed by atoms with Gasteiger partial charge in [0, 0.05) is 24.3 Å². The number of halogens is 3. The van der Waals surface area contributed by atoms with Gasteiger partial charge in [0.15, 0.2) is 0 Å². The number of aromatic nitrogens is 2. The van der Waals surface area contributed by atoms with Crippen molar-refractivity contribution < 1.29 is 13.6 Å². The molecular formula is C20H18ClF2N5O. The fourth-order valence-electron chi connectivity index (χ4n) is 3.41. The van der Waals surface area contributed by atoms with E-state index < -0.39 is 11.7 Å². The van der Waals surface area contributed by atoms with Gasteiger partial charge in [-0.15, -0.1) is 0 Å². The molecule has 0 spiro atoms. The molecule has 150 valence electrons. The molecule has 0 saturated carbocycles. The summed E-state index contributed by atoms with van der Waals surface area (Å²) in [7, 11) is 0. The lowest BCUT2D eigenvalue weighted by molar-refractivity contribution is 0.0997. The molecule has 0 fully saturated rings. The molecule has 1 aliphatic rings. The molecule has 0 aliphatic carbocycles. The number of primary amides is 1. The van der Waals surface area contributed by atoms with Gasteiger partial charge in [0.05, 0.1) is 29.5 Å². The first-order chi connectivity index (χ1) is 13.9. The highest BCUT2D eigenvalue weighted by atomic mass is 35.5. The Labute approximate surface area is 170 Å². The van der Waals surface area contributed by atoms with Gasteiger partial charge in [-0.1, -0.05) is 17.7 Å². The quantitative estimate of drug-likeness (QED) is 0.666. The molecule has 1 amide bonds. The summed E-state index contributed by atoms with van der Waals surface area (Å²) in [5.41, 5.74) is 8.19. The van der Waals surface area contributed by atoms with Crippen LogP contribution in [-0.4, -0.2) is 33.8 Å². The summed E-state index contributed by atoms with van der Waals surface area (Å²) in [6.45, 7) is 2.13. The van der Waals surface area contributed by atoms with Gasteiger partial charge in [-0.2, -0.15) is 5.10 Å². The monoisotopic (exact) mass is 417 g/mol. The van der Waals surface area contributed by atoms with Crippen molar-refractivity contribution in [2.75, 3.05) is 18.5 Å². The van der Waals surface area contributed by atoms with Crippen molar-refractivity contribution in [1.29, 1.82) is 0 Å². The van der Waals surface area contributed by atoms with Crippen molar-refractivity contribution in [3.63, 3.8) is 0 Å². The molecule has 4 rings (SSSR count). The standard InChI is InChI=1S/C20H18ClF2N5O/c21-15-8-12(4-5-16(15)23)19-18(20(24)29)17-10-27(6-7-28(17)26-19)11-25-14-3-1-2-13(22)9-14/h1-5,8-9,25H,6-7,10-11H2,(H2,24,29). The van der Waals surface area contributed by atoms with Crippen LogP contribution in [0.4, 0.5) is 14.5 Å². The van der Waals surface area contributed by atoms with E-state index in [1.54, 1.807) is 16.8 Å². The molecule has 2 heterocycles. The number of amides is 1. The maximum absolute atomic E-state index is 13.5. The summed E-state index contributed by atoms with van der Waals surface area (Å²) in [6.07, 6.45) is 0. The highest BCUT2D eigenvalue weighted by molar-refractivity contribution is 6.31. The van der Waals surface area contributed by atoms with Crippen LogP contribution in [0.1, 0.15) is 16.1 Å². The fourth-order valence-corrected chi connectivity index (χ4v) is 3.59. The largest absolute Gasteiger partial charge is 0.372 e. The van der Waals surface area contributed by atoms with Crippen LogP contribution in [0.25, 0.3) is 11.3 Å². The molecule has 0 bridgehead atoms. The predicted octanol–water partition coefficient (Wildman–Crippen LogP) is 3.47. The van der Waals surface area contributed by atoms with Crippen LogP contribution < -0.4 is 11.1 Å². The molecule has 0 atom stereocenters. The highest BCUT2D eigenvalue weighted by Crippen LogP contribution is 2.30. The molecule has 0 radical (unpaired) electrons. The fraction of sp³-hybridized carbons (Fsp3) is 0.200. The third-order valence-corrected chi connectivity index (χ3v) is 5.12. The Morgan fingerprint density at radius 3 is 2.76 bits per heavy atom. The Hall–Kier alpha value is -2.97. The molecule has 29 heavy (non-hydrogen) atoms. The Kier molecular flexibility index (Phi) is 5.21. The Bertz CT molecular complexity index is 1080. The lowest BCUT2D eigenvalue weighted by Gasteiger charge is -2.28. The molecule has 0 unspecified atom stereocenters. The van der Waals surface area contributed by atoms with Crippen molar-refractivity contribution >= 4 is 23.2 Å².